The van der Waals surface area contributed by atoms with E-state index in [0.717, 1.165) is 39.3 Å². The van der Waals surface area contributed by atoms with Crippen LogP contribution in [0.4, 0.5) is 0 Å². The lowest BCUT2D eigenvalue weighted by Gasteiger charge is -2.12. The van der Waals surface area contributed by atoms with Gasteiger partial charge >= 0.3 is 0 Å². The molecule has 0 spiro atoms. The zero-order valence-electron chi connectivity index (χ0n) is 25.6. The van der Waals surface area contributed by atoms with Gasteiger partial charge in [0.2, 0.25) is 0 Å². The summed E-state index contributed by atoms with van der Waals surface area (Å²) >= 11 is 0. The summed E-state index contributed by atoms with van der Waals surface area (Å²) in [7, 11) is 0. The molecule has 0 radical (unpaired) electrons. The van der Waals surface area contributed by atoms with Gasteiger partial charge in [-0.05, 0) is 42.5 Å². The summed E-state index contributed by atoms with van der Waals surface area (Å²) in [6.45, 7) is 0. The fraction of sp³-hybridized carbons (Fsp3) is 0. The second kappa shape index (κ2) is 12.9. The van der Waals surface area contributed by atoms with Crippen molar-refractivity contribution in [2.75, 3.05) is 0 Å². The van der Waals surface area contributed by atoms with Gasteiger partial charge in [0, 0.05) is 34.6 Å². The zero-order chi connectivity index (χ0) is 32.1. The van der Waals surface area contributed by atoms with E-state index in [0.29, 0.717) is 40.4 Å². The Kier molecular flexibility index (Phi) is 7.70. The average Bonchev–Trinajstić information content (AvgIpc) is 3.19. The molecule has 8 nitrogen and oxygen atoms in total. The second-order valence-electron chi connectivity index (χ2n) is 10.9. The predicted molar refractivity (Wildman–Crippen MR) is 187 cm³/mol. The van der Waals surface area contributed by atoms with Crippen molar-refractivity contribution in [1.29, 1.82) is 0 Å². The zero-order valence-corrected chi connectivity index (χ0v) is 25.6. The molecule has 8 heteroatoms. The van der Waals surface area contributed by atoms with Crippen LogP contribution in [0.2, 0.25) is 0 Å². The van der Waals surface area contributed by atoms with Crippen LogP contribution in [0.1, 0.15) is 0 Å². The van der Waals surface area contributed by atoms with Crippen LogP contribution >= 0.6 is 0 Å². The minimum Gasteiger partial charge on any atom is -0.255 e. The number of hydrogen-bond acceptors (Lipinski definition) is 8. The molecule has 0 amide bonds. The maximum Gasteiger partial charge on any atom is 0.182 e. The van der Waals surface area contributed by atoms with Crippen LogP contribution in [-0.4, -0.2) is 39.9 Å². The van der Waals surface area contributed by atoms with Gasteiger partial charge in [-0.15, -0.1) is 0 Å². The molecule has 0 fully saturated rings. The van der Waals surface area contributed by atoms with Crippen molar-refractivity contribution in [2.45, 2.75) is 0 Å². The first-order valence-corrected chi connectivity index (χ1v) is 15.4. The van der Waals surface area contributed by atoms with Gasteiger partial charge in [0.15, 0.2) is 23.3 Å². The summed E-state index contributed by atoms with van der Waals surface area (Å²) in [6.07, 6.45) is 3.50. The Morgan fingerprint density at radius 3 is 1.21 bits per heavy atom. The maximum atomic E-state index is 5.06. The Bertz CT molecular complexity index is 2060. The third-order valence-corrected chi connectivity index (χ3v) is 7.66. The molecule has 0 N–H and O–H groups in total. The second-order valence-corrected chi connectivity index (χ2v) is 10.9. The van der Waals surface area contributed by atoms with Crippen molar-refractivity contribution in [1.82, 2.24) is 39.9 Å². The molecule has 0 aliphatic rings. The van der Waals surface area contributed by atoms with Crippen LogP contribution in [0.3, 0.4) is 0 Å². The van der Waals surface area contributed by atoms with Gasteiger partial charge in [0.1, 0.15) is 5.69 Å². The van der Waals surface area contributed by atoms with Crippen LogP contribution in [-0.2, 0) is 0 Å². The van der Waals surface area contributed by atoms with Gasteiger partial charge in [0.25, 0.3) is 0 Å². The Hall–Kier alpha value is -6.80. The minimum absolute atomic E-state index is 0.422. The molecule has 0 atom stereocenters. The maximum absolute atomic E-state index is 5.06. The SMILES string of the molecule is c1ccc(-c2cc(-c3nc(-c4ccccc4)nc(-c4cc(-c5ccccn5)nc(-c5ccccn5)c4)n3)nc(-c3ccccc3)n2)cc1. The fourth-order valence-electron chi connectivity index (χ4n) is 5.32. The van der Waals surface area contributed by atoms with Crippen molar-refractivity contribution in [2.24, 2.45) is 0 Å². The van der Waals surface area contributed by atoms with E-state index >= 15 is 0 Å². The molecule has 0 aliphatic carbocycles. The molecule has 5 aromatic heterocycles. The largest absolute Gasteiger partial charge is 0.255 e. The van der Waals surface area contributed by atoms with E-state index in [1.807, 2.05) is 146 Å². The van der Waals surface area contributed by atoms with Crippen LogP contribution in [0.25, 0.3) is 79.7 Å². The smallest absolute Gasteiger partial charge is 0.182 e. The molecule has 0 saturated heterocycles. The Morgan fingerprint density at radius 1 is 0.250 bits per heavy atom. The molecule has 226 valence electrons. The highest BCUT2D eigenvalue weighted by atomic mass is 15.1. The Balaban J connectivity index is 1.36. The molecule has 3 aromatic carbocycles. The summed E-state index contributed by atoms with van der Waals surface area (Å²) in [5.41, 5.74) is 7.60. The predicted octanol–water partition coefficient (Wildman–Crippen LogP) is 8.52. The lowest BCUT2D eigenvalue weighted by molar-refractivity contribution is 1.05. The van der Waals surface area contributed by atoms with E-state index < -0.39 is 0 Å². The number of nitrogens with zero attached hydrogens (tertiary/aromatic N) is 8. The first kappa shape index (κ1) is 28.7. The molecule has 5 heterocycles. The number of rotatable bonds is 7. The molecular weight excluding hydrogens is 592 g/mol. The van der Waals surface area contributed by atoms with Crippen molar-refractivity contribution in [3.63, 3.8) is 0 Å². The summed E-state index contributed by atoms with van der Waals surface area (Å²) in [4.78, 5) is 39.1. The molecule has 0 bridgehead atoms. The van der Waals surface area contributed by atoms with Gasteiger partial charge in [-0.2, -0.15) is 0 Å². The summed E-state index contributed by atoms with van der Waals surface area (Å²) in [6, 6.07) is 47.2. The van der Waals surface area contributed by atoms with Gasteiger partial charge in [0.05, 0.1) is 28.5 Å². The average molecular weight is 619 g/mol. The van der Waals surface area contributed by atoms with E-state index in [-0.39, 0.29) is 0 Å². The molecular formula is C40H26N8. The number of aromatic nitrogens is 8. The van der Waals surface area contributed by atoms with Gasteiger partial charge in [-0.25, -0.2) is 29.9 Å². The number of pyridine rings is 3. The topological polar surface area (TPSA) is 103 Å². The Morgan fingerprint density at radius 2 is 0.688 bits per heavy atom. The standard InChI is InChI=1S/C40H26N8/c1-4-14-27(15-5-1)33-26-36(45-37(44-33)28-16-6-2-7-17-28)40-47-38(29-18-8-3-9-19-29)46-39(48-40)30-24-34(31-20-10-12-22-41-31)43-35(25-30)32-21-11-13-23-42-32/h1-26H. The number of benzene rings is 3. The van der Waals surface area contributed by atoms with Crippen molar-refractivity contribution >= 4 is 0 Å². The van der Waals surface area contributed by atoms with E-state index in [4.69, 9.17) is 29.9 Å². The molecule has 8 rings (SSSR count). The lowest BCUT2D eigenvalue weighted by Crippen LogP contribution is -2.04. The van der Waals surface area contributed by atoms with E-state index in [1.54, 1.807) is 12.4 Å². The van der Waals surface area contributed by atoms with Gasteiger partial charge in [-0.1, -0.05) is 103 Å². The summed E-state index contributed by atoms with van der Waals surface area (Å²) < 4.78 is 0. The van der Waals surface area contributed by atoms with Crippen molar-refractivity contribution in [3.8, 4) is 79.7 Å². The summed E-state index contributed by atoms with van der Waals surface area (Å²) in [5.74, 6) is 1.99. The van der Waals surface area contributed by atoms with Crippen molar-refractivity contribution in [3.05, 3.63) is 158 Å². The van der Waals surface area contributed by atoms with Crippen LogP contribution < -0.4 is 0 Å². The Labute approximate surface area is 277 Å². The molecule has 0 unspecified atom stereocenters. The summed E-state index contributed by atoms with van der Waals surface area (Å²) in [5, 5.41) is 0. The van der Waals surface area contributed by atoms with Crippen LogP contribution in [0.5, 0.6) is 0 Å². The quantitative estimate of drug-likeness (QED) is 0.175. The van der Waals surface area contributed by atoms with E-state index in [1.165, 1.54) is 0 Å². The molecule has 0 saturated carbocycles. The van der Waals surface area contributed by atoms with Gasteiger partial charge in [-0.3, -0.25) is 9.97 Å². The minimum atomic E-state index is 0.422. The van der Waals surface area contributed by atoms with Crippen LogP contribution in [0.15, 0.2) is 158 Å². The lowest BCUT2D eigenvalue weighted by atomic mass is 10.1. The van der Waals surface area contributed by atoms with Crippen molar-refractivity contribution < 1.29 is 0 Å². The highest BCUT2D eigenvalue weighted by molar-refractivity contribution is 5.75. The monoisotopic (exact) mass is 618 g/mol. The van der Waals surface area contributed by atoms with Gasteiger partial charge < -0.3 is 0 Å². The molecule has 48 heavy (non-hydrogen) atoms. The first-order valence-electron chi connectivity index (χ1n) is 15.4. The fourth-order valence-corrected chi connectivity index (χ4v) is 5.32. The highest BCUT2D eigenvalue weighted by Crippen LogP contribution is 2.31. The first-order chi connectivity index (χ1) is 23.8. The third kappa shape index (κ3) is 6.05. The van der Waals surface area contributed by atoms with Crippen LogP contribution in [0, 0.1) is 0 Å². The third-order valence-electron chi connectivity index (χ3n) is 7.66. The highest BCUT2D eigenvalue weighted by Gasteiger charge is 2.18. The van der Waals surface area contributed by atoms with E-state index in [2.05, 4.69) is 9.97 Å². The molecule has 0 aliphatic heterocycles. The number of hydrogen-bond donors (Lipinski definition) is 0. The molecule has 8 aromatic rings. The normalized spacial score (nSPS) is 10.9. The van der Waals surface area contributed by atoms with E-state index in [9.17, 15) is 0 Å².